The number of anilines is 1. The number of primary amides is 1. The van der Waals surface area contributed by atoms with E-state index >= 15 is 0 Å². The average molecular weight is 321 g/mol. The first-order valence-electron chi connectivity index (χ1n) is 6.59. The Balaban J connectivity index is 2.35. The van der Waals surface area contributed by atoms with E-state index in [0.29, 0.717) is 0 Å². The minimum absolute atomic E-state index is 0.0112. The van der Waals surface area contributed by atoms with Crippen molar-refractivity contribution in [3.8, 4) is 0 Å². The molecule has 0 spiro atoms. The number of nitrogens with one attached hydrogen (secondary N) is 1. The minimum atomic E-state index is -0.794. The zero-order chi connectivity index (χ0) is 17.1. The third-order valence-corrected chi connectivity index (χ3v) is 3.28. The van der Waals surface area contributed by atoms with Crippen molar-refractivity contribution in [3.63, 3.8) is 0 Å². The fourth-order valence-corrected chi connectivity index (χ4v) is 2.12. The molecule has 0 unspecified atom stereocenters. The first kappa shape index (κ1) is 16.3. The predicted molar refractivity (Wildman–Crippen MR) is 80.0 cm³/mol. The zero-order valence-corrected chi connectivity index (χ0v) is 12.0. The second-order valence-electron chi connectivity index (χ2n) is 4.89. The van der Waals surface area contributed by atoms with Crippen molar-refractivity contribution in [2.24, 2.45) is 5.73 Å². The maximum Gasteiger partial charge on any atom is 0.293 e. The third-order valence-electron chi connectivity index (χ3n) is 3.28. The summed E-state index contributed by atoms with van der Waals surface area (Å²) in [5, 5.41) is 13.9. The van der Waals surface area contributed by atoms with Crippen LogP contribution in [0.3, 0.4) is 0 Å². The van der Waals surface area contributed by atoms with Crippen LogP contribution in [-0.4, -0.2) is 10.8 Å². The topological polar surface area (TPSA) is 98.3 Å². The lowest BCUT2D eigenvalue weighted by molar-refractivity contribution is -0.384. The Morgan fingerprint density at radius 3 is 2.52 bits per heavy atom. The van der Waals surface area contributed by atoms with Gasteiger partial charge in [0.15, 0.2) is 0 Å². The van der Waals surface area contributed by atoms with Gasteiger partial charge in [-0.1, -0.05) is 6.07 Å². The molecule has 2 aromatic rings. The molecule has 0 aromatic heterocycles. The number of carbonyl (C=O) groups excluding carboxylic acids is 1. The molecule has 0 saturated heterocycles. The van der Waals surface area contributed by atoms with Crippen LogP contribution in [0.2, 0.25) is 0 Å². The summed E-state index contributed by atoms with van der Waals surface area (Å²) in [6.45, 7) is 1.57. The van der Waals surface area contributed by atoms with Crippen LogP contribution in [0.4, 0.5) is 20.2 Å². The molecule has 8 heteroatoms. The van der Waals surface area contributed by atoms with Gasteiger partial charge in [0.2, 0.25) is 5.91 Å². The van der Waals surface area contributed by atoms with E-state index in [0.717, 1.165) is 18.2 Å². The van der Waals surface area contributed by atoms with E-state index in [2.05, 4.69) is 5.32 Å². The molecule has 0 aliphatic heterocycles. The lowest BCUT2D eigenvalue weighted by Gasteiger charge is -2.16. The number of rotatable bonds is 5. The third kappa shape index (κ3) is 3.60. The molecule has 2 aromatic carbocycles. The summed E-state index contributed by atoms with van der Waals surface area (Å²) in [7, 11) is 0. The number of benzene rings is 2. The molecule has 0 fully saturated rings. The highest BCUT2D eigenvalue weighted by Gasteiger charge is 2.19. The molecule has 0 bridgehead atoms. The average Bonchev–Trinajstić information content (AvgIpc) is 2.46. The molecule has 0 heterocycles. The number of carbonyl (C=O) groups is 1. The van der Waals surface area contributed by atoms with Gasteiger partial charge in [0.1, 0.15) is 17.3 Å². The molecule has 1 amide bonds. The normalized spacial score (nSPS) is 11.8. The molecule has 0 aliphatic rings. The lowest BCUT2D eigenvalue weighted by Crippen LogP contribution is -2.13. The van der Waals surface area contributed by atoms with Crippen LogP contribution in [0, 0.1) is 21.7 Å². The quantitative estimate of drug-likeness (QED) is 0.653. The monoisotopic (exact) mass is 321 g/mol. The second-order valence-corrected chi connectivity index (χ2v) is 4.89. The number of nitro groups is 1. The first-order valence-corrected chi connectivity index (χ1v) is 6.59. The Kier molecular flexibility index (Phi) is 4.54. The molecule has 1 atom stereocenters. The Morgan fingerprint density at radius 2 is 1.96 bits per heavy atom. The highest BCUT2D eigenvalue weighted by molar-refractivity contribution is 5.94. The predicted octanol–water partition coefficient (Wildman–Crippen LogP) is 3.15. The molecule has 0 saturated carbocycles. The van der Waals surface area contributed by atoms with Gasteiger partial charge in [-0.2, -0.15) is 0 Å². The Morgan fingerprint density at radius 1 is 1.26 bits per heavy atom. The van der Waals surface area contributed by atoms with Crippen molar-refractivity contribution >= 4 is 17.3 Å². The van der Waals surface area contributed by atoms with Gasteiger partial charge in [-0.25, -0.2) is 8.78 Å². The maximum absolute atomic E-state index is 13.8. The molecular weight excluding hydrogens is 308 g/mol. The van der Waals surface area contributed by atoms with Gasteiger partial charge in [-0.15, -0.1) is 0 Å². The number of nitro benzene ring substituents is 1. The van der Waals surface area contributed by atoms with Crippen LogP contribution >= 0.6 is 0 Å². The summed E-state index contributed by atoms with van der Waals surface area (Å²) in [6, 6.07) is 6.11. The van der Waals surface area contributed by atoms with Gasteiger partial charge in [-0.05, 0) is 25.1 Å². The number of hydrogen-bond donors (Lipinski definition) is 2. The molecule has 0 aliphatic carbocycles. The largest absolute Gasteiger partial charge is 0.373 e. The lowest BCUT2D eigenvalue weighted by atomic mass is 10.1. The summed E-state index contributed by atoms with van der Waals surface area (Å²) in [5.41, 5.74) is 4.96. The van der Waals surface area contributed by atoms with Gasteiger partial charge >= 0.3 is 0 Å². The zero-order valence-electron chi connectivity index (χ0n) is 12.0. The molecule has 23 heavy (non-hydrogen) atoms. The van der Waals surface area contributed by atoms with Crippen LogP contribution < -0.4 is 11.1 Å². The molecule has 120 valence electrons. The molecular formula is C15H13F2N3O3. The molecule has 3 N–H and O–H groups in total. The van der Waals surface area contributed by atoms with Crippen molar-refractivity contribution in [1.82, 2.24) is 0 Å². The Labute approximate surface area is 130 Å². The van der Waals surface area contributed by atoms with E-state index in [9.17, 15) is 23.7 Å². The van der Waals surface area contributed by atoms with Crippen LogP contribution in [0.15, 0.2) is 36.4 Å². The Hall–Kier alpha value is -3.03. The van der Waals surface area contributed by atoms with Crippen LogP contribution in [0.5, 0.6) is 0 Å². The summed E-state index contributed by atoms with van der Waals surface area (Å²) in [6.07, 6.45) is 0. The highest BCUT2D eigenvalue weighted by Crippen LogP contribution is 2.30. The van der Waals surface area contributed by atoms with E-state index in [4.69, 9.17) is 5.73 Å². The molecule has 0 radical (unpaired) electrons. The van der Waals surface area contributed by atoms with E-state index in [-0.39, 0.29) is 22.5 Å². The van der Waals surface area contributed by atoms with Crippen molar-refractivity contribution in [3.05, 3.63) is 69.3 Å². The van der Waals surface area contributed by atoms with Gasteiger partial charge in [-0.3, -0.25) is 14.9 Å². The van der Waals surface area contributed by atoms with Crippen molar-refractivity contribution in [2.75, 3.05) is 5.32 Å². The summed E-state index contributed by atoms with van der Waals surface area (Å²) in [4.78, 5) is 21.5. The summed E-state index contributed by atoms with van der Waals surface area (Å²) in [5.74, 6) is -2.27. The highest BCUT2D eigenvalue weighted by atomic mass is 19.1. The number of amides is 1. The number of halogens is 2. The van der Waals surface area contributed by atoms with Gasteiger partial charge in [0, 0.05) is 23.3 Å². The van der Waals surface area contributed by atoms with Crippen LogP contribution in [-0.2, 0) is 0 Å². The minimum Gasteiger partial charge on any atom is -0.373 e. The number of hydrogen-bond acceptors (Lipinski definition) is 4. The summed E-state index contributed by atoms with van der Waals surface area (Å²) >= 11 is 0. The van der Waals surface area contributed by atoms with E-state index in [1.807, 2.05) is 0 Å². The maximum atomic E-state index is 13.8. The van der Waals surface area contributed by atoms with Gasteiger partial charge in [0.25, 0.3) is 5.69 Å². The number of nitrogens with two attached hydrogens (primary N) is 1. The smallest absolute Gasteiger partial charge is 0.293 e. The van der Waals surface area contributed by atoms with E-state index < -0.39 is 28.5 Å². The van der Waals surface area contributed by atoms with Crippen molar-refractivity contribution in [1.29, 1.82) is 0 Å². The van der Waals surface area contributed by atoms with Crippen LogP contribution in [0.25, 0.3) is 0 Å². The fraction of sp³-hybridized carbons (Fsp3) is 0.133. The van der Waals surface area contributed by atoms with Crippen molar-refractivity contribution in [2.45, 2.75) is 13.0 Å². The van der Waals surface area contributed by atoms with E-state index in [1.54, 1.807) is 6.92 Å². The first-order chi connectivity index (χ1) is 10.8. The van der Waals surface area contributed by atoms with Crippen molar-refractivity contribution < 1.29 is 18.5 Å². The SMILES string of the molecule is C[C@@H](Nc1ccc(C(N)=O)cc1[N+](=O)[O-])c1ccc(F)cc1F. The van der Waals surface area contributed by atoms with E-state index in [1.165, 1.54) is 18.2 Å². The fourth-order valence-electron chi connectivity index (χ4n) is 2.12. The van der Waals surface area contributed by atoms with Crippen LogP contribution in [0.1, 0.15) is 28.9 Å². The van der Waals surface area contributed by atoms with Gasteiger partial charge < -0.3 is 11.1 Å². The molecule has 2 rings (SSSR count). The van der Waals surface area contributed by atoms with Gasteiger partial charge in [0.05, 0.1) is 11.0 Å². The second kappa shape index (κ2) is 6.39. The summed E-state index contributed by atoms with van der Waals surface area (Å²) < 4.78 is 26.7. The Bertz CT molecular complexity index is 781. The number of nitrogens with zero attached hydrogens (tertiary/aromatic N) is 1. The molecule has 6 nitrogen and oxygen atoms in total. The standard InChI is InChI=1S/C15H13F2N3O3/c1-8(11-4-3-10(16)7-12(11)17)19-13-5-2-9(15(18)21)6-14(13)20(22)23/h2-8,19H,1H3,(H2,18,21)/t8-/m1/s1.